The van der Waals surface area contributed by atoms with Gasteiger partial charge in [0.25, 0.3) is 5.91 Å². The van der Waals surface area contributed by atoms with E-state index in [4.69, 9.17) is 13.9 Å². The molecule has 2 aromatic carbocycles. The van der Waals surface area contributed by atoms with Gasteiger partial charge in [-0.25, -0.2) is 0 Å². The van der Waals surface area contributed by atoms with Gasteiger partial charge in [0.2, 0.25) is 12.0 Å². The number of nitrogens with zero attached hydrogens (tertiary/aromatic N) is 2. The summed E-state index contributed by atoms with van der Waals surface area (Å²) in [6.45, 7) is 0.00272. The Morgan fingerprint density at radius 1 is 1.04 bits per heavy atom. The van der Waals surface area contributed by atoms with Gasteiger partial charge in [-0.3, -0.25) is 10.1 Å². The molecular formula is C18H12F3N3O4. The van der Waals surface area contributed by atoms with Crippen molar-refractivity contribution in [3.63, 3.8) is 0 Å². The molecule has 0 saturated heterocycles. The maximum absolute atomic E-state index is 12.6. The number of carbonyl (C=O) groups is 1. The number of aromatic nitrogens is 2. The second kappa shape index (κ2) is 6.87. The van der Waals surface area contributed by atoms with Crippen molar-refractivity contribution >= 4 is 11.9 Å². The zero-order valence-corrected chi connectivity index (χ0v) is 14.1. The number of nitrogens with one attached hydrogen (secondary N) is 1. The largest absolute Gasteiger partial charge is 0.485 e. The molecule has 0 saturated carbocycles. The lowest BCUT2D eigenvalue weighted by molar-refractivity contribution is -0.137. The molecule has 0 radical (unpaired) electrons. The zero-order chi connectivity index (χ0) is 19.7. The first-order chi connectivity index (χ1) is 13.4. The molecule has 144 valence electrons. The highest BCUT2D eigenvalue weighted by molar-refractivity contribution is 5.93. The van der Waals surface area contributed by atoms with Crippen LogP contribution in [-0.2, 0) is 11.0 Å². The summed E-state index contributed by atoms with van der Waals surface area (Å²) in [7, 11) is 0. The van der Waals surface area contributed by atoms with Gasteiger partial charge in [-0.05, 0) is 36.4 Å². The van der Waals surface area contributed by atoms with E-state index < -0.39 is 23.8 Å². The van der Waals surface area contributed by atoms with Crippen molar-refractivity contribution in [3.05, 3.63) is 54.1 Å². The molecule has 1 N–H and O–H groups in total. The Kier molecular flexibility index (Phi) is 4.38. The molecule has 0 bridgehead atoms. The summed E-state index contributed by atoms with van der Waals surface area (Å²) in [6, 6.07) is 10.9. The molecule has 3 aromatic rings. The second-order valence-electron chi connectivity index (χ2n) is 5.84. The van der Waals surface area contributed by atoms with Gasteiger partial charge >= 0.3 is 12.2 Å². The van der Waals surface area contributed by atoms with E-state index in [2.05, 4.69) is 15.5 Å². The van der Waals surface area contributed by atoms with Gasteiger partial charge in [0, 0.05) is 5.56 Å². The van der Waals surface area contributed by atoms with Crippen LogP contribution in [0.1, 0.15) is 5.56 Å². The van der Waals surface area contributed by atoms with Crippen LogP contribution in [0.5, 0.6) is 11.5 Å². The maximum Gasteiger partial charge on any atom is 0.416 e. The minimum atomic E-state index is -4.44. The van der Waals surface area contributed by atoms with E-state index in [0.717, 1.165) is 12.1 Å². The van der Waals surface area contributed by atoms with E-state index in [1.54, 1.807) is 24.3 Å². The van der Waals surface area contributed by atoms with Gasteiger partial charge in [-0.1, -0.05) is 17.2 Å². The Morgan fingerprint density at radius 3 is 2.46 bits per heavy atom. The molecule has 1 atom stereocenters. The number of hydrogen-bond donors (Lipinski definition) is 1. The molecule has 10 heteroatoms. The van der Waals surface area contributed by atoms with Crippen molar-refractivity contribution in [2.45, 2.75) is 12.3 Å². The molecule has 0 aliphatic carbocycles. The molecule has 1 amide bonds. The Labute approximate surface area is 156 Å². The van der Waals surface area contributed by atoms with Crippen LogP contribution in [0, 0.1) is 0 Å². The maximum atomic E-state index is 12.6. The average Bonchev–Trinajstić information content (AvgIpc) is 3.15. The quantitative estimate of drug-likeness (QED) is 0.735. The third-order valence-electron chi connectivity index (χ3n) is 3.92. The minimum Gasteiger partial charge on any atom is -0.485 e. The van der Waals surface area contributed by atoms with E-state index >= 15 is 0 Å². The Bertz CT molecular complexity index is 1000. The highest BCUT2D eigenvalue weighted by Gasteiger charge is 2.31. The fraction of sp³-hybridized carbons (Fsp3) is 0.167. The van der Waals surface area contributed by atoms with Gasteiger partial charge in [0.15, 0.2) is 11.5 Å². The number of fused-ring (bicyclic) bond motifs is 1. The standard InChI is InChI=1S/C18H12F3N3O4/c19-18(20,21)11-7-5-10(6-8-11)16-23-24-17(28-16)22-15(25)14-9-26-12-3-1-2-4-13(12)27-14/h1-8,14H,9H2,(H,22,24,25). The average molecular weight is 391 g/mol. The number of anilines is 1. The molecule has 1 unspecified atom stereocenters. The number of halogens is 3. The Balaban J connectivity index is 1.43. The molecule has 28 heavy (non-hydrogen) atoms. The van der Waals surface area contributed by atoms with E-state index in [0.29, 0.717) is 11.5 Å². The van der Waals surface area contributed by atoms with Crippen molar-refractivity contribution in [1.29, 1.82) is 0 Å². The van der Waals surface area contributed by atoms with E-state index in [1.165, 1.54) is 12.1 Å². The fourth-order valence-corrected chi connectivity index (χ4v) is 2.53. The second-order valence-corrected chi connectivity index (χ2v) is 5.84. The molecule has 1 aromatic heterocycles. The predicted octanol–water partition coefficient (Wildman–Crippen LogP) is 3.53. The molecule has 4 rings (SSSR count). The summed E-state index contributed by atoms with van der Waals surface area (Å²) in [6.07, 6.45) is -5.36. The lowest BCUT2D eigenvalue weighted by atomic mass is 10.1. The summed E-state index contributed by atoms with van der Waals surface area (Å²) in [5.41, 5.74) is -0.508. The number of ether oxygens (including phenoxy) is 2. The number of hydrogen-bond acceptors (Lipinski definition) is 6. The summed E-state index contributed by atoms with van der Waals surface area (Å²) < 4.78 is 54.2. The number of carbonyl (C=O) groups excluding carboxylic acids is 1. The SMILES string of the molecule is O=C(Nc1nnc(-c2ccc(C(F)(F)F)cc2)o1)C1COc2ccccc2O1. The van der Waals surface area contributed by atoms with Gasteiger partial charge in [0.05, 0.1) is 5.56 Å². The summed E-state index contributed by atoms with van der Waals surface area (Å²) in [5, 5.41) is 9.81. The van der Waals surface area contributed by atoms with Crippen LogP contribution >= 0.6 is 0 Å². The third kappa shape index (κ3) is 3.61. The number of rotatable bonds is 3. The van der Waals surface area contributed by atoms with Crippen molar-refractivity contribution < 1.29 is 31.9 Å². The Hall–Kier alpha value is -3.56. The third-order valence-corrected chi connectivity index (χ3v) is 3.92. The van der Waals surface area contributed by atoms with Gasteiger partial charge < -0.3 is 13.9 Å². The normalized spacial score (nSPS) is 15.9. The van der Waals surface area contributed by atoms with Crippen LogP contribution in [0.3, 0.4) is 0 Å². The van der Waals surface area contributed by atoms with Crippen LogP contribution in [-0.4, -0.2) is 28.8 Å². The lowest BCUT2D eigenvalue weighted by Crippen LogP contribution is -2.40. The number of alkyl halides is 3. The first kappa shape index (κ1) is 17.8. The monoisotopic (exact) mass is 391 g/mol. The van der Waals surface area contributed by atoms with E-state index in [-0.39, 0.29) is 24.1 Å². The Morgan fingerprint density at radius 2 is 1.75 bits per heavy atom. The van der Waals surface area contributed by atoms with Crippen molar-refractivity contribution in [2.75, 3.05) is 11.9 Å². The van der Waals surface area contributed by atoms with Crippen molar-refractivity contribution in [3.8, 4) is 23.0 Å². The number of benzene rings is 2. The van der Waals surface area contributed by atoms with Crippen LogP contribution < -0.4 is 14.8 Å². The molecule has 7 nitrogen and oxygen atoms in total. The first-order valence-electron chi connectivity index (χ1n) is 8.10. The smallest absolute Gasteiger partial charge is 0.416 e. The summed E-state index contributed by atoms with van der Waals surface area (Å²) >= 11 is 0. The molecule has 0 fully saturated rings. The van der Waals surface area contributed by atoms with Crippen LogP contribution in [0.25, 0.3) is 11.5 Å². The first-order valence-corrected chi connectivity index (χ1v) is 8.10. The van der Waals surface area contributed by atoms with Gasteiger partial charge in [-0.15, -0.1) is 5.10 Å². The highest BCUT2D eigenvalue weighted by Crippen LogP contribution is 2.32. The van der Waals surface area contributed by atoms with Crippen LogP contribution in [0.4, 0.5) is 19.2 Å². The molecule has 0 spiro atoms. The van der Waals surface area contributed by atoms with Crippen LogP contribution in [0.2, 0.25) is 0 Å². The summed E-state index contributed by atoms with van der Waals surface area (Å²) in [4.78, 5) is 12.3. The molecule has 1 aliphatic rings. The highest BCUT2D eigenvalue weighted by atomic mass is 19.4. The molecule has 1 aliphatic heterocycles. The molecule has 2 heterocycles. The minimum absolute atomic E-state index is 0.00272. The van der Waals surface area contributed by atoms with Crippen molar-refractivity contribution in [1.82, 2.24) is 10.2 Å². The number of amides is 1. The molecular weight excluding hydrogens is 379 g/mol. The fourth-order valence-electron chi connectivity index (χ4n) is 2.53. The van der Waals surface area contributed by atoms with Crippen molar-refractivity contribution in [2.24, 2.45) is 0 Å². The van der Waals surface area contributed by atoms with Gasteiger partial charge in [-0.2, -0.15) is 13.2 Å². The number of para-hydroxylation sites is 2. The summed E-state index contributed by atoms with van der Waals surface area (Å²) in [5.74, 6) is 0.381. The van der Waals surface area contributed by atoms with Crippen LogP contribution in [0.15, 0.2) is 52.9 Å². The lowest BCUT2D eigenvalue weighted by Gasteiger charge is -2.24. The zero-order valence-electron chi connectivity index (χ0n) is 14.1. The topological polar surface area (TPSA) is 86.5 Å². The predicted molar refractivity (Wildman–Crippen MR) is 89.7 cm³/mol. The van der Waals surface area contributed by atoms with E-state index in [1.807, 2.05) is 0 Å². The van der Waals surface area contributed by atoms with E-state index in [9.17, 15) is 18.0 Å². The van der Waals surface area contributed by atoms with Gasteiger partial charge in [0.1, 0.15) is 6.61 Å².